The molecule has 2 heterocycles. The number of carbonyl (C=O) groups is 2. The first-order chi connectivity index (χ1) is 14.1. The average Bonchev–Trinajstić information content (AvgIpc) is 3.22. The third-order valence-electron chi connectivity index (χ3n) is 4.86. The van der Waals surface area contributed by atoms with Crippen LogP contribution >= 0.6 is 0 Å². The molecular formula is C22H22N4O3. The molecule has 7 heteroatoms. The van der Waals surface area contributed by atoms with E-state index in [1.807, 2.05) is 60.8 Å². The summed E-state index contributed by atoms with van der Waals surface area (Å²) >= 11 is 0. The van der Waals surface area contributed by atoms with Crippen LogP contribution in [0, 0.1) is 0 Å². The van der Waals surface area contributed by atoms with Gasteiger partial charge in [0, 0.05) is 38.3 Å². The number of carbonyl (C=O) groups excluding carboxylic acids is 2. The van der Waals surface area contributed by atoms with Gasteiger partial charge in [0.05, 0.1) is 17.6 Å². The first-order valence-corrected chi connectivity index (χ1v) is 9.47. The minimum Gasteiger partial charge on any atom is -0.482 e. The first kappa shape index (κ1) is 18.7. The van der Waals surface area contributed by atoms with Crippen molar-refractivity contribution in [3.05, 3.63) is 72.6 Å². The lowest BCUT2D eigenvalue weighted by Crippen LogP contribution is -2.41. The molecule has 1 aliphatic rings. The van der Waals surface area contributed by atoms with E-state index in [2.05, 4.69) is 5.10 Å². The van der Waals surface area contributed by atoms with Crippen molar-refractivity contribution in [1.29, 1.82) is 0 Å². The maximum Gasteiger partial charge on any atom is 0.265 e. The van der Waals surface area contributed by atoms with Crippen molar-refractivity contribution >= 4 is 17.5 Å². The quantitative estimate of drug-likeness (QED) is 0.649. The number of para-hydroxylation sites is 3. The Labute approximate surface area is 169 Å². The van der Waals surface area contributed by atoms with Gasteiger partial charge in [-0.3, -0.25) is 9.59 Å². The highest BCUT2D eigenvalue weighted by molar-refractivity contribution is 5.98. The molecule has 2 aromatic carbocycles. The van der Waals surface area contributed by atoms with E-state index in [4.69, 9.17) is 4.74 Å². The summed E-state index contributed by atoms with van der Waals surface area (Å²) in [6.45, 7) is 0.782. The molecule has 3 aromatic rings. The van der Waals surface area contributed by atoms with Gasteiger partial charge in [0.25, 0.3) is 5.91 Å². The normalized spacial score (nSPS) is 13.0. The zero-order valence-electron chi connectivity index (χ0n) is 16.2. The predicted molar refractivity (Wildman–Crippen MR) is 109 cm³/mol. The largest absolute Gasteiger partial charge is 0.482 e. The summed E-state index contributed by atoms with van der Waals surface area (Å²) in [7, 11) is 1.76. The van der Waals surface area contributed by atoms with Crippen LogP contribution in [0.25, 0.3) is 5.69 Å². The molecule has 1 aliphatic heterocycles. The highest BCUT2D eigenvalue weighted by Crippen LogP contribution is 2.31. The lowest BCUT2D eigenvalue weighted by atomic mass is 10.2. The molecule has 0 unspecified atom stereocenters. The van der Waals surface area contributed by atoms with Gasteiger partial charge in [0.1, 0.15) is 5.75 Å². The second kappa shape index (κ2) is 8.18. The average molecular weight is 390 g/mol. The fraction of sp³-hybridized carbons (Fsp3) is 0.227. The molecule has 0 atom stereocenters. The zero-order valence-corrected chi connectivity index (χ0v) is 16.2. The van der Waals surface area contributed by atoms with Crippen LogP contribution in [0.5, 0.6) is 5.75 Å². The number of benzene rings is 2. The van der Waals surface area contributed by atoms with E-state index < -0.39 is 0 Å². The third-order valence-corrected chi connectivity index (χ3v) is 4.86. The number of hydrogen-bond acceptors (Lipinski definition) is 4. The topological polar surface area (TPSA) is 67.7 Å². The van der Waals surface area contributed by atoms with E-state index in [0.29, 0.717) is 24.5 Å². The summed E-state index contributed by atoms with van der Waals surface area (Å²) < 4.78 is 7.23. The molecule has 7 nitrogen and oxygen atoms in total. The molecular weight excluding hydrogens is 368 g/mol. The fourth-order valence-electron chi connectivity index (χ4n) is 3.32. The van der Waals surface area contributed by atoms with Crippen LogP contribution in [0.2, 0.25) is 0 Å². The Balaban J connectivity index is 1.36. The van der Waals surface area contributed by atoms with Crippen LogP contribution in [0.1, 0.15) is 12.0 Å². The monoisotopic (exact) mass is 390 g/mol. The van der Waals surface area contributed by atoms with Crippen molar-refractivity contribution in [2.75, 3.05) is 25.1 Å². The molecule has 0 fully saturated rings. The van der Waals surface area contributed by atoms with Gasteiger partial charge in [-0.05, 0) is 24.3 Å². The van der Waals surface area contributed by atoms with Gasteiger partial charge >= 0.3 is 0 Å². The molecule has 0 N–H and O–H groups in total. The van der Waals surface area contributed by atoms with E-state index in [1.165, 1.54) is 0 Å². The number of anilines is 1. The predicted octanol–water partition coefficient (Wildman–Crippen LogP) is 2.65. The summed E-state index contributed by atoms with van der Waals surface area (Å²) in [6, 6.07) is 17.2. The number of amides is 2. The van der Waals surface area contributed by atoms with Crippen molar-refractivity contribution in [2.24, 2.45) is 0 Å². The van der Waals surface area contributed by atoms with E-state index in [1.54, 1.807) is 27.7 Å². The van der Waals surface area contributed by atoms with Crippen LogP contribution in [0.15, 0.2) is 67.0 Å². The molecule has 0 aliphatic carbocycles. The number of ether oxygens (including phenoxy) is 1. The Hall–Kier alpha value is -3.61. The summed E-state index contributed by atoms with van der Waals surface area (Å²) in [5, 5.41) is 4.37. The SMILES string of the molecule is CN(Cc1cnn(-c2ccccc2)c1)C(=O)CCN1C(=O)COc2ccccc21. The number of nitrogens with zero attached hydrogens (tertiary/aromatic N) is 4. The number of aromatic nitrogens is 2. The molecule has 148 valence electrons. The second-order valence-electron chi connectivity index (χ2n) is 6.93. The number of hydrogen-bond donors (Lipinski definition) is 0. The van der Waals surface area contributed by atoms with Crippen LogP contribution in [0.4, 0.5) is 5.69 Å². The minimum atomic E-state index is -0.136. The van der Waals surface area contributed by atoms with E-state index >= 15 is 0 Å². The van der Waals surface area contributed by atoms with Gasteiger partial charge in [0.2, 0.25) is 5.91 Å². The molecule has 0 bridgehead atoms. The van der Waals surface area contributed by atoms with Crippen LogP contribution in [0.3, 0.4) is 0 Å². The van der Waals surface area contributed by atoms with Gasteiger partial charge in [-0.1, -0.05) is 30.3 Å². The van der Waals surface area contributed by atoms with E-state index in [9.17, 15) is 9.59 Å². The van der Waals surface area contributed by atoms with Crippen molar-refractivity contribution in [2.45, 2.75) is 13.0 Å². The first-order valence-electron chi connectivity index (χ1n) is 9.47. The lowest BCUT2D eigenvalue weighted by molar-refractivity contribution is -0.130. The molecule has 1 aromatic heterocycles. The van der Waals surface area contributed by atoms with Crippen LogP contribution in [-0.2, 0) is 16.1 Å². The summed E-state index contributed by atoms with van der Waals surface area (Å²) in [6.07, 6.45) is 3.92. The number of rotatable bonds is 6. The van der Waals surface area contributed by atoms with Gasteiger partial charge in [-0.2, -0.15) is 5.10 Å². The zero-order chi connectivity index (χ0) is 20.2. The smallest absolute Gasteiger partial charge is 0.265 e. The van der Waals surface area contributed by atoms with E-state index in [0.717, 1.165) is 11.3 Å². The Kier molecular flexibility index (Phi) is 5.29. The van der Waals surface area contributed by atoms with Crippen molar-refractivity contribution in [3.63, 3.8) is 0 Å². The Morgan fingerprint density at radius 2 is 1.90 bits per heavy atom. The second-order valence-corrected chi connectivity index (χ2v) is 6.93. The van der Waals surface area contributed by atoms with Gasteiger partial charge in [-0.15, -0.1) is 0 Å². The number of fused-ring (bicyclic) bond motifs is 1. The van der Waals surface area contributed by atoms with Crippen molar-refractivity contribution < 1.29 is 14.3 Å². The highest BCUT2D eigenvalue weighted by atomic mass is 16.5. The molecule has 2 amide bonds. The van der Waals surface area contributed by atoms with Gasteiger partial charge in [-0.25, -0.2) is 4.68 Å². The van der Waals surface area contributed by atoms with Crippen LogP contribution < -0.4 is 9.64 Å². The van der Waals surface area contributed by atoms with Crippen LogP contribution in [-0.4, -0.2) is 46.7 Å². The van der Waals surface area contributed by atoms with Gasteiger partial charge < -0.3 is 14.5 Å². The molecule has 0 saturated heterocycles. The maximum absolute atomic E-state index is 12.6. The minimum absolute atomic E-state index is 0.000284. The highest BCUT2D eigenvalue weighted by Gasteiger charge is 2.25. The van der Waals surface area contributed by atoms with Crippen molar-refractivity contribution in [3.8, 4) is 11.4 Å². The molecule has 0 spiro atoms. The van der Waals surface area contributed by atoms with Gasteiger partial charge in [0.15, 0.2) is 6.61 Å². The Morgan fingerprint density at radius 3 is 2.72 bits per heavy atom. The third kappa shape index (κ3) is 4.13. The summed E-state index contributed by atoms with van der Waals surface area (Å²) in [4.78, 5) is 28.1. The van der Waals surface area contributed by atoms with E-state index in [-0.39, 0.29) is 24.8 Å². The van der Waals surface area contributed by atoms with Crippen molar-refractivity contribution in [1.82, 2.24) is 14.7 Å². The lowest BCUT2D eigenvalue weighted by Gasteiger charge is -2.29. The Morgan fingerprint density at radius 1 is 1.14 bits per heavy atom. The Bertz CT molecular complexity index is 1020. The summed E-state index contributed by atoms with van der Waals surface area (Å²) in [5.41, 5.74) is 2.62. The maximum atomic E-state index is 12.6. The molecule has 29 heavy (non-hydrogen) atoms. The molecule has 0 saturated carbocycles. The standard InChI is InChI=1S/C22H22N4O3/c1-24(14-17-13-23-26(15-17)18-7-3-2-4-8-18)21(27)11-12-25-19-9-5-6-10-20(19)29-16-22(25)28/h2-10,13,15H,11-12,14,16H2,1H3. The summed E-state index contributed by atoms with van der Waals surface area (Å²) in [5.74, 6) is 0.499. The molecule has 0 radical (unpaired) electrons. The fourth-order valence-corrected chi connectivity index (χ4v) is 3.32. The molecule has 4 rings (SSSR count).